The number of rotatable bonds is 1. The molecule has 0 saturated carbocycles. The Kier molecular flexibility index (Phi) is 2.33. The van der Waals surface area contributed by atoms with E-state index >= 15 is 0 Å². The van der Waals surface area contributed by atoms with E-state index in [9.17, 15) is 4.79 Å². The van der Waals surface area contributed by atoms with Gasteiger partial charge in [-0.3, -0.25) is 4.79 Å². The fraction of sp³-hybridized carbons (Fsp3) is 0.300. The van der Waals surface area contributed by atoms with Crippen LogP contribution < -0.4 is 4.74 Å². The van der Waals surface area contributed by atoms with Gasteiger partial charge in [0.05, 0.1) is 10.9 Å². The highest BCUT2D eigenvalue weighted by Crippen LogP contribution is 2.33. The molecule has 3 nitrogen and oxygen atoms in total. The number of fused-ring (bicyclic) bond motifs is 1. The Bertz CT molecular complexity index is 376. The maximum absolute atomic E-state index is 10.7. The fourth-order valence-electron chi connectivity index (χ4n) is 1.54. The van der Waals surface area contributed by atoms with Crippen LogP contribution in [0.1, 0.15) is 5.56 Å². The molecule has 0 spiro atoms. The second-order valence-corrected chi connectivity index (χ2v) is 3.69. The summed E-state index contributed by atoms with van der Waals surface area (Å²) in [5, 5.41) is 9.37. The predicted molar refractivity (Wildman–Crippen MR) is 51.8 cm³/mol. The van der Waals surface area contributed by atoms with Crippen molar-refractivity contribution >= 4 is 17.6 Å². The topological polar surface area (TPSA) is 46.5 Å². The number of hydrogen-bond acceptors (Lipinski definition) is 2. The van der Waals surface area contributed by atoms with Crippen molar-refractivity contribution in [3.63, 3.8) is 0 Å². The molecule has 1 aromatic rings. The van der Waals surface area contributed by atoms with Crippen molar-refractivity contribution in [3.05, 3.63) is 28.8 Å². The molecule has 0 bridgehead atoms. The Morgan fingerprint density at radius 3 is 3.07 bits per heavy atom. The van der Waals surface area contributed by atoms with Gasteiger partial charge in [-0.1, -0.05) is 23.7 Å². The Hall–Kier alpha value is -1.22. The third-order valence-corrected chi connectivity index (χ3v) is 2.59. The zero-order valence-corrected chi connectivity index (χ0v) is 8.12. The number of hydrogen-bond donors (Lipinski definition) is 1. The minimum Gasteiger partial charge on any atom is -0.491 e. The highest BCUT2D eigenvalue weighted by atomic mass is 35.5. The van der Waals surface area contributed by atoms with E-state index in [1.165, 1.54) is 0 Å². The van der Waals surface area contributed by atoms with E-state index in [0.29, 0.717) is 17.2 Å². The third kappa shape index (κ3) is 1.55. The Morgan fingerprint density at radius 1 is 1.57 bits per heavy atom. The first kappa shape index (κ1) is 9.34. The van der Waals surface area contributed by atoms with Crippen LogP contribution in [0.25, 0.3) is 0 Å². The number of halogens is 1. The lowest BCUT2D eigenvalue weighted by molar-refractivity contribution is -0.143. The zero-order chi connectivity index (χ0) is 10.1. The molecule has 4 heteroatoms. The number of aliphatic carboxylic acids is 1. The molecule has 0 radical (unpaired) electrons. The first-order chi connectivity index (χ1) is 6.68. The molecule has 0 aliphatic carbocycles. The van der Waals surface area contributed by atoms with E-state index in [0.717, 1.165) is 5.56 Å². The summed E-state index contributed by atoms with van der Waals surface area (Å²) in [4.78, 5) is 10.7. The SMILES string of the molecule is O=C(O)C1COc2c(Cl)cccc2C1. The molecule has 0 amide bonds. The van der Waals surface area contributed by atoms with Crippen molar-refractivity contribution < 1.29 is 14.6 Å². The molecule has 1 aliphatic heterocycles. The normalized spacial score (nSPS) is 19.6. The number of para-hydroxylation sites is 1. The highest BCUT2D eigenvalue weighted by molar-refractivity contribution is 6.32. The maximum atomic E-state index is 10.7. The molecule has 1 unspecified atom stereocenters. The molecule has 2 rings (SSSR count). The molecular formula is C10H9ClO3. The summed E-state index contributed by atoms with van der Waals surface area (Å²) in [5.74, 6) is -0.650. The number of carboxylic acid groups (broad SMARTS) is 1. The molecule has 1 N–H and O–H groups in total. The predicted octanol–water partition coefficient (Wildman–Crippen LogP) is 1.98. The fourth-order valence-corrected chi connectivity index (χ4v) is 1.79. The molecular weight excluding hydrogens is 204 g/mol. The minimum absolute atomic E-state index is 0.200. The molecule has 1 heterocycles. The summed E-state index contributed by atoms with van der Waals surface area (Å²) in [6, 6.07) is 5.38. The van der Waals surface area contributed by atoms with Crippen molar-refractivity contribution in [2.75, 3.05) is 6.61 Å². The molecule has 1 atom stereocenters. The van der Waals surface area contributed by atoms with Crippen LogP contribution in [0.3, 0.4) is 0 Å². The van der Waals surface area contributed by atoms with Gasteiger partial charge in [0, 0.05) is 0 Å². The first-order valence-corrected chi connectivity index (χ1v) is 4.69. The van der Waals surface area contributed by atoms with E-state index in [2.05, 4.69) is 0 Å². The maximum Gasteiger partial charge on any atom is 0.310 e. The number of carboxylic acids is 1. The second kappa shape index (κ2) is 3.50. The van der Waals surface area contributed by atoms with Gasteiger partial charge in [0.1, 0.15) is 12.4 Å². The molecule has 1 aromatic carbocycles. The Labute approximate surface area is 86.3 Å². The summed E-state index contributed by atoms with van der Waals surface area (Å²) in [5.41, 5.74) is 0.871. The molecule has 74 valence electrons. The summed E-state index contributed by atoms with van der Waals surface area (Å²) < 4.78 is 5.32. The van der Waals surface area contributed by atoms with Crippen molar-refractivity contribution in [3.8, 4) is 5.75 Å². The Morgan fingerprint density at radius 2 is 2.36 bits per heavy atom. The number of benzene rings is 1. The van der Waals surface area contributed by atoms with Crippen LogP contribution in [0, 0.1) is 5.92 Å². The minimum atomic E-state index is -0.823. The van der Waals surface area contributed by atoms with Crippen molar-refractivity contribution in [2.45, 2.75) is 6.42 Å². The van der Waals surface area contributed by atoms with Gasteiger partial charge in [-0.25, -0.2) is 0 Å². The summed E-state index contributed by atoms with van der Waals surface area (Å²) in [7, 11) is 0. The van der Waals surface area contributed by atoms with E-state index in [4.69, 9.17) is 21.4 Å². The molecule has 1 aliphatic rings. The van der Waals surface area contributed by atoms with Gasteiger partial charge in [0.2, 0.25) is 0 Å². The van der Waals surface area contributed by atoms with E-state index in [1.54, 1.807) is 12.1 Å². The van der Waals surface area contributed by atoms with Crippen LogP contribution in [-0.4, -0.2) is 17.7 Å². The van der Waals surface area contributed by atoms with Crippen LogP contribution in [0.15, 0.2) is 18.2 Å². The van der Waals surface area contributed by atoms with Crippen molar-refractivity contribution in [2.24, 2.45) is 5.92 Å². The molecule has 14 heavy (non-hydrogen) atoms. The second-order valence-electron chi connectivity index (χ2n) is 3.28. The molecule has 0 fully saturated rings. The monoisotopic (exact) mass is 212 g/mol. The van der Waals surface area contributed by atoms with Crippen LogP contribution in [0.4, 0.5) is 0 Å². The van der Waals surface area contributed by atoms with E-state index < -0.39 is 11.9 Å². The van der Waals surface area contributed by atoms with Gasteiger partial charge < -0.3 is 9.84 Å². The third-order valence-electron chi connectivity index (χ3n) is 2.29. The lowest BCUT2D eigenvalue weighted by Gasteiger charge is -2.23. The lowest BCUT2D eigenvalue weighted by atomic mass is 9.97. The first-order valence-electron chi connectivity index (χ1n) is 4.31. The lowest BCUT2D eigenvalue weighted by Crippen LogP contribution is -2.27. The van der Waals surface area contributed by atoms with Gasteiger partial charge in [0.25, 0.3) is 0 Å². The summed E-state index contributed by atoms with van der Waals surface area (Å²) in [6.45, 7) is 0.200. The number of carbonyl (C=O) groups is 1. The Balaban J connectivity index is 2.31. The van der Waals surface area contributed by atoms with Crippen molar-refractivity contribution in [1.82, 2.24) is 0 Å². The van der Waals surface area contributed by atoms with Crippen LogP contribution in [0.5, 0.6) is 5.75 Å². The van der Waals surface area contributed by atoms with Gasteiger partial charge >= 0.3 is 5.97 Å². The average molecular weight is 213 g/mol. The van der Waals surface area contributed by atoms with Crippen LogP contribution in [0.2, 0.25) is 5.02 Å². The van der Waals surface area contributed by atoms with Crippen LogP contribution >= 0.6 is 11.6 Å². The largest absolute Gasteiger partial charge is 0.491 e. The molecule has 0 aromatic heterocycles. The van der Waals surface area contributed by atoms with E-state index in [-0.39, 0.29) is 6.61 Å². The van der Waals surface area contributed by atoms with Crippen LogP contribution in [-0.2, 0) is 11.2 Å². The average Bonchev–Trinajstić information content (AvgIpc) is 2.17. The smallest absolute Gasteiger partial charge is 0.310 e. The van der Waals surface area contributed by atoms with E-state index in [1.807, 2.05) is 6.07 Å². The molecule has 0 saturated heterocycles. The summed E-state index contributed by atoms with van der Waals surface area (Å²) >= 11 is 5.90. The summed E-state index contributed by atoms with van der Waals surface area (Å²) in [6.07, 6.45) is 0.491. The quantitative estimate of drug-likeness (QED) is 0.774. The van der Waals surface area contributed by atoms with Gasteiger partial charge in [0.15, 0.2) is 0 Å². The van der Waals surface area contributed by atoms with Gasteiger partial charge in [-0.15, -0.1) is 0 Å². The zero-order valence-electron chi connectivity index (χ0n) is 7.37. The number of ether oxygens (including phenoxy) is 1. The standard InChI is InChI=1S/C10H9ClO3/c11-8-3-1-2-6-4-7(10(12)13)5-14-9(6)8/h1-3,7H,4-5H2,(H,12,13). The van der Waals surface area contributed by atoms with Crippen molar-refractivity contribution in [1.29, 1.82) is 0 Å². The highest BCUT2D eigenvalue weighted by Gasteiger charge is 2.26. The van der Waals surface area contributed by atoms with Gasteiger partial charge in [-0.05, 0) is 18.1 Å². The van der Waals surface area contributed by atoms with Gasteiger partial charge in [-0.2, -0.15) is 0 Å².